The Bertz CT molecular complexity index is 1090. The summed E-state index contributed by atoms with van der Waals surface area (Å²) in [4.78, 5) is 25.7. The van der Waals surface area contributed by atoms with E-state index in [-0.39, 0.29) is 11.6 Å². The van der Waals surface area contributed by atoms with Gasteiger partial charge in [0.15, 0.2) is 0 Å². The SMILES string of the molecule is COc1ccc(/C=C(/NC(=O)c2cccc(C)c2)C(=O)Nc2cccc(C)c2)cc1. The Morgan fingerprint density at radius 2 is 1.53 bits per heavy atom. The second-order valence-corrected chi connectivity index (χ2v) is 6.98. The molecule has 5 heteroatoms. The number of hydrogen-bond acceptors (Lipinski definition) is 3. The van der Waals surface area contributed by atoms with Crippen LogP contribution in [0.3, 0.4) is 0 Å². The van der Waals surface area contributed by atoms with Crippen LogP contribution < -0.4 is 15.4 Å². The fourth-order valence-corrected chi connectivity index (χ4v) is 2.93. The average Bonchev–Trinajstić information content (AvgIpc) is 2.73. The fourth-order valence-electron chi connectivity index (χ4n) is 2.93. The van der Waals surface area contributed by atoms with Crippen LogP contribution in [0.25, 0.3) is 6.08 Å². The van der Waals surface area contributed by atoms with Gasteiger partial charge in [0, 0.05) is 11.3 Å². The van der Waals surface area contributed by atoms with Crippen LogP contribution in [0.4, 0.5) is 5.69 Å². The van der Waals surface area contributed by atoms with Crippen LogP contribution in [0.1, 0.15) is 27.0 Å². The number of anilines is 1. The number of nitrogens with one attached hydrogen (secondary N) is 2. The topological polar surface area (TPSA) is 67.4 Å². The second-order valence-electron chi connectivity index (χ2n) is 6.98. The van der Waals surface area contributed by atoms with E-state index in [9.17, 15) is 9.59 Å². The van der Waals surface area contributed by atoms with Gasteiger partial charge in [-0.25, -0.2) is 0 Å². The quantitative estimate of drug-likeness (QED) is 0.588. The van der Waals surface area contributed by atoms with Crippen molar-refractivity contribution < 1.29 is 14.3 Å². The van der Waals surface area contributed by atoms with Crippen molar-refractivity contribution in [3.05, 3.63) is 101 Å². The highest BCUT2D eigenvalue weighted by Crippen LogP contribution is 2.16. The van der Waals surface area contributed by atoms with Gasteiger partial charge < -0.3 is 15.4 Å². The lowest BCUT2D eigenvalue weighted by atomic mass is 10.1. The highest BCUT2D eigenvalue weighted by Gasteiger charge is 2.15. The number of rotatable bonds is 6. The van der Waals surface area contributed by atoms with E-state index in [1.54, 1.807) is 43.5 Å². The molecule has 0 aliphatic heterocycles. The van der Waals surface area contributed by atoms with Gasteiger partial charge in [0.05, 0.1) is 7.11 Å². The zero-order chi connectivity index (χ0) is 21.5. The molecule has 5 nitrogen and oxygen atoms in total. The maximum atomic E-state index is 13.0. The number of hydrogen-bond donors (Lipinski definition) is 2. The molecule has 2 amide bonds. The van der Waals surface area contributed by atoms with Crippen molar-refractivity contribution in [3.8, 4) is 5.75 Å². The highest BCUT2D eigenvalue weighted by molar-refractivity contribution is 6.10. The molecular formula is C25H24N2O3. The molecule has 0 bridgehead atoms. The lowest BCUT2D eigenvalue weighted by Crippen LogP contribution is -2.30. The van der Waals surface area contributed by atoms with Gasteiger partial charge in [0.25, 0.3) is 11.8 Å². The molecule has 0 aliphatic carbocycles. The van der Waals surface area contributed by atoms with Crippen LogP contribution in [0, 0.1) is 13.8 Å². The summed E-state index contributed by atoms with van der Waals surface area (Å²) in [5, 5.41) is 5.60. The first-order chi connectivity index (χ1) is 14.4. The summed E-state index contributed by atoms with van der Waals surface area (Å²) in [7, 11) is 1.59. The van der Waals surface area contributed by atoms with Crippen molar-refractivity contribution in [1.82, 2.24) is 5.32 Å². The predicted octanol–water partition coefficient (Wildman–Crippen LogP) is 4.72. The molecule has 0 radical (unpaired) electrons. The van der Waals surface area contributed by atoms with Crippen molar-refractivity contribution >= 4 is 23.6 Å². The molecule has 2 N–H and O–H groups in total. The monoisotopic (exact) mass is 400 g/mol. The van der Waals surface area contributed by atoms with Gasteiger partial charge in [-0.3, -0.25) is 9.59 Å². The first-order valence-corrected chi connectivity index (χ1v) is 9.56. The van der Waals surface area contributed by atoms with E-state index in [2.05, 4.69) is 10.6 Å². The number of carbonyl (C=O) groups excluding carboxylic acids is 2. The third-order valence-corrected chi connectivity index (χ3v) is 4.48. The van der Waals surface area contributed by atoms with Crippen LogP contribution in [0.15, 0.2) is 78.5 Å². The Morgan fingerprint density at radius 3 is 2.17 bits per heavy atom. The highest BCUT2D eigenvalue weighted by atomic mass is 16.5. The van der Waals surface area contributed by atoms with Crippen molar-refractivity contribution in [2.45, 2.75) is 13.8 Å². The van der Waals surface area contributed by atoms with Gasteiger partial charge in [0.1, 0.15) is 11.4 Å². The van der Waals surface area contributed by atoms with Gasteiger partial charge in [0.2, 0.25) is 0 Å². The summed E-state index contributed by atoms with van der Waals surface area (Å²) in [5.74, 6) is -0.0445. The van der Waals surface area contributed by atoms with E-state index in [4.69, 9.17) is 4.74 Å². The largest absolute Gasteiger partial charge is 0.497 e. The third-order valence-electron chi connectivity index (χ3n) is 4.48. The number of ether oxygens (including phenoxy) is 1. The van der Waals surface area contributed by atoms with E-state index in [1.807, 2.05) is 56.3 Å². The standard InChI is InChI=1S/C25H24N2O3/c1-17-6-4-8-20(14-17)24(28)27-23(16-19-10-12-22(30-3)13-11-19)25(29)26-21-9-5-7-18(2)15-21/h4-16H,1-3H3,(H,26,29)(H,27,28)/b23-16+. The first kappa shape index (κ1) is 20.9. The smallest absolute Gasteiger partial charge is 0.272 e. The fraction of sp³-hybridized carbons (Fsp3) is 0.120. The molecule has 0 saturated carbocycles. The van der Waals surface area contributed by atoms with Crippen molar-refractivity contribution in [1.29, 1.82) is 0 Å². The Kier molecular flexibility index (Phi) is 6.65. The van der Waals surface area contributed by atoms with Gasteiger partial charge in [-0.2, -0.15) is 0 Å². The summed E-state index contributed by atoms with van der Waals surface area (Å²) >= 11 is 0. The number of methoxy groups -OCH3 is 1. The van der Waals surface area contributed by atoms with Gasteiger partial charge >= 0.3 is 0 Å². The predicted molar refractivity (Wildman–Crippen MR) is 119 cm³/mol. The van der Waals surface area contributed by atoms with Crippen LogP contribution in [-0.2, 0) is 4.79 Å². The van der Waals surface area contributed by atoms with Crippen LogP contribution in [0.2, 0.25) is 0 Å². The summed E-state index contributed by atoms with van der Waals surface area (Å²) in [6.45, 7) is 3.86. The second kappa shape index (κ2) is 9.56. The first-order valence-electron chi connectivity index (χ1n) is 9.56. The molecule has 3 rings (SSSR count). The van der Waals surface area contributed by atoms with Crippen LogP contribution in [-0.4, -0.2) is 18.9 Å². The molecule has 3 aromatic carbocycles. The third kappa shape index (κ3) is 5.58. The minimum Gasteiger partial charge on any atom is -0.497 e. The van der Waals surface area contributed by atoms with E-state index in [1.165, 1.54) is 0 Å². The molecular weight excluding hydrogens is 376 g/mol. The minimum atomic E-state index is -0.405. The van der Waals surface area contributed by atoms with Crippen molar-refractivity contribution in [3.63, 3.8) is 0 Å². The summed E-state index contributed by atoms with van der Waals surface area (Å²) < 4.78 is 5.18. The zero-order valence-corrected chi connectivity index (χ0v) is 17.2. The molecule has 0 aromatic heterocycles. The summed E-state index contributed by atoms with van der Waals surface area (Å²) in [5.41, 5.74) is 4.04. The summed E-state index contributed by atoms with van der Waals surface area (Å²) in [6, 6.07) is 21.9. The molecule has 0 saturated heterocycles. The molecule has 30 heavy (non-hydrogen) atoms. The molecule has 0 aliphatic rings. The van der Waals surface area contributed by atoms with E-state index < -0.39 is 5.91 Å². The Hall–Kier alpha value is -3.86. The zero-order valence-electron chi connectivity index (χ0n) is 17.2. The Labute approximate surface area is 176 Å². The number of carbonyl (C=O) groups is 2. The molecule has 152 valence electrons. The lowest BCUT2D eigenvalue weighted by Gasteiger charge is -2.12. The van der Waals surface area contributed by atoms with Gasteiger partial charge in [-0.05, 0) is 67.4 Å². The van der Waals surface area contributed by atoms with Crippen molar-refractivity contribution in [2.75, 3.05) is 12.4 Å². The molecule has 0 fully saturated rings. The van der Waals surface area contributed by atoms with E-state index in [0.717, 1.165) is 16.7 Å². The van der Waals surface area contributed by atoms with Gasteiger partial charge in [-0.1, -0.05) is 42.0 Å². The summed E-state index contributed by atoms with van der Waals surface area (Å²) in [6.07, 6.45) is 1.64. The Balaban J connectivity index is 1.89. The molecule has 0 atom stereocenters. The number of amides is 2. The maximum absolute atomic E-state index is 13.0. The van der Waals surface area contributed by atoms with Crippen molar-refractivity contribution in [2.24, 2.45) is 0 Å². The molecule has 3 aromatic rings. The average molecular weight is 400 g/mol. The number of aryl methyl sites for hydroxylation is 2. The number of benzene rings is 3. The molecule has 0 unspecified atom stereocenters. The minimum absolute atomic E-state index is 0.146. The molecule has 0 spiro atoms. The van der Waals surface area contributed by atoms with Crippen LogP contribution in [0.5, 0.6) is 5.75 Å². The Morgan fingerprint density at radius 1 is 0.867 bits per heavy atom. The molecule has 0 heterocycles. The van der Waals surface area contributed by atoms with Crippen LogP contribution >= 0.6 is 0 Å². The maximum Gasteiger partial charge on any atom is 0.272 e. The normalized spacial score (nSPS) is 11.0. The van der Waals surface area contributed by atoms with E-state index in [0.29, 0.717) is 17.0 Å². The lowest BCUT2D eigenvalue weighted by molar-refractivity contribution is -0.113. The van der Waals surface area contributed by atoms with E-state index >= 15 is 0 Å². The van der Waals surface area contributed by atoms with Gasteiger partial charge in [-0.15, -0.1) is 0 Å².